The Bertz CT molecular complexity index is 1490. The van der Waals surface area contributed by atoms with E-state index in [-0.39, 0.29) is 0 Å². The largest absolute Gasteiger partial charge is 0.399 e. The SMILES string of the molecule is CCCCCCCCc1cc(N)ccc1Cc1ccc(CCCCCCCCCCCCCCc2ccc(Cc3ccc(N)cc3CCCCCCCC)cc2)cc1. The zero-order valence-corrected chi connectivity index (χ0v) is 37.5. The average molecular weight is 785 g/mol. The summed E-state index contributed by atoms with van der Waals surface area (Å²) < 4.78 is 0. The van der Waals surface area contributed by atoms with Crippen LogP contribution in [0.5, 0.6) is 0 Å². The minimum atomic E-state index is 0.897. The second kappa shape index (κ2) is 29.7. The minimum Gasteiger partial charge on any atom is -0.399 e. The molecule has 2 heteroatoms. The van der Waals surface area contributed by atoms with E-state index in [2.05, 4.69) is 98.8 Å². The van der Waals surface area contributed by atoms with Gasteiger partial charge in [0.2, 0.25) is 0 Å². The molecule has 4 aromatic carbocycles. The maximum absolute atomic E-state index is 6.18. The fraction of sp³-hybridized carbons (Fsp3) is 0.571. The predicted octanol–water partition coefficient (Wildman–Crippen LogP) is 16.3. The van der Waals surface area contributed by atoms with Crippen molar-refractivity contribution in [3.63, 3.8) is 0 Å². The first-order valence-electron chi connectivity index (χ1n) is 24.4. The van der Waals surface area contributed by atoms with Gasteiger partial charge in [-0.25, -0.2) is 0 Å². The molecule has 0 bridgehead atoms. The fourth-order valence-corrected chi connectivity index (χ4v) is 8.81. The van der Waals surface area contributed by atoms with Gasteiger partial charge in [0.1, 0.15) is 0 Å². The molecule has 0 amide bonds. The molecule has 58 heavy (non-hydrogen) atoms. The number of hydrogen-bond acceptors (Lipinski definition) is 2. The molecule has 0 spiro atoms. The summed E-state index contributed by atoms with van der Waals surface area (Å²) >= 11 is 0. The molecule has 0 saturated heterocycles. The van der Waals surface area contributed by atoms with Gasteiger partial charge in [-0.2, -0.15) is 0 Å². The van der Waals surface area contributed by atoms with Crippen LogP contribution in [-0.4, -0.2) is 0 Å². The van der Waals surface area contributed by atoms with Crippen molar-refractivity contribution in [2.45, 2.75) is 206 Å². The van der Waals surface area contributed by atoms with Crippen LogP contribution in [0, 0.1) is 0 Å². The summed E-state index contributed by atoms with van der Waals surface area (Å²) in [6, 6.07) is 32.0. The highest BCUT2D eigenvalue weighted by Crippen LogP contribution is 2.24. The quantitative estimate of drug-likeness (QED) is 0.0373. The monoisotopic (exact) mass is 785 g/mol. The summed E-state index contributed by atoms with van der Waals surface area (Å²) in [4.78, 5) is 0. The van der Waals surface area contributed by atoms with Crippen LogP contribution in [0.3, 0.4) is 0 Å². The molecule has 0 saturated carbocycles. The van der Waals surface area contributed by atoms with Crippen LogP contribution in [0.15, 0.2) is 84.9 Å². The Morgan fingerprint density at radius 2 is 0.552 bits per heavy atom. The van der Waals surface area contributed by atoms with Gasteiger partial charge in [-0.15, -0.1) is 0 Å². The second-order valence-corrected chi connectivity index (χ2v) is 17.8. The predicted molar refractivity (Wildman–Crippen MR) is 257 cm³/mol. The number of nitrogens with two attached hydrogens (primary N) is 2. The number of aryl methyl sites for hydroxylation is 4. The van der Waals surface area contributed by atoms with Crippen molar-refractivity contribution in [3.05, 3.63) is 129 Å². The summed E-state index contributed by atoms with van der Waals surface area (Å²) in [5.74, 6) is 0. The maximum Gasteiger partial charge on any atom is 0.0316 e. The van der Waals surface area contributed by atoms with Crippen LogP contribution in [0.2, 0.25) is 0 Å². The fourth-order valence-electron chi connectivity index (χ4n) is 8.81. The highest BCUT2D eigenvalue weighted by atomic mass is 14.5. The molecule has 0 atom stereocenters. The molecular formula is C56H84N2. The molecule has 4 rings (SSSR count). The van der Waals surface area contributed by atoms with Crippen molar-refractivity contribution in [3.8, 4) is 0 Å². The Labute approximate surface area is 357 Å². The van der Waals surface area contributed by atoms with Gasteiger partial charge in [0.25, 0.3) is 0 Å². The molecule has 4 aromatic rings. The van der Waals surface area contributed by atoms with Crippen LogP contribution in [0.1, 0.15) is 212 Å². The van der Waals surface area contributed by atoms with E-state index in [4.69, 9.17) is 11.5 Å². The van der Waals surface area contributed by atoms with Crippen LogP contribution < -0.4 is 11.5 Å². The zero-order valence-electron chi connectivity index (χ0n) is 37.5. The highest BCUT2D eigenvalue weighted by molar-refractivity contribution is 5.47. The van der Waals surface area contributed by atoms with E-state index in [9.17, 15) is 0 Å². The van der Waals surface area contributed by atoms with Crippen molar-refractivity contribution in [1.82, 2.24) is 0 Å². The van der Waals surface area contributed by atoms with Crippen molar-refractivity contribution in [1.29, 1.82) is 0 Å². The minimum absolute atomic E-state index is 0.897. The molecule has 0 unspecified atom stereocenters. The van der Waals surface area contributed by atoms with Crippen LogP contribution in [0.25, 0.3) is 0 Å². The zero-order chi connectivity index (χ0) is 40.9. The molecule has 0 fully saturated rings. The molecule has 0 aromatic heterocycles. The summed E-state index contributed by atoms with van der Waals surface area (Å²) in [5, 5.41) is 0. The second-order valence-electron chi connectivity index (χ2n) is 17.8. The summed E-state index contributed by atoms with van der Waals surface area (Å²) in [6.45, 7) is 4.57. The smallest absolute Gasteiger partial charge is 0.0316 e. The molecule has 0 aliphatic heterocycles. The summed E-state index contributed by atoms with van der Waals surface area (Å²) in [6.07, 6.45) is 39.3. The Kier molecular flexibility index (Phi) is 24.1. The molecule has 0 aliphatic rings. The lowest BCUT2D eigenvalue weighted by Gasteiger charge is -2.12. The summed E-state index contributed by atoms with van der Waals surface area (Å²) in [7, 11) is 0. The number of nitrogen functional groups attached to an aromatic ring is 2. The van der Waals surface area contributed by atoms with Gasteiger partial charge >= 0.3 is 0 Å². The van der Waals surface area contributed by atoms with E-state index >= 15 is 0 Å². The lowest BCUT2D eigenvalue weighted by Crippen LogP contribution is -1.99. The molecule has 318 valence electrons. The Morgan fingerprint density at radius 3 is 0.879 bits per heavy atom. The number of hydrogen-bond donors (Lipinski definition) is 2. The van der Waals surface area contributed by atoms with Crippen molar-refractivity contribution < 1.29 is 0 Å². The van der Waals surface area contributed by atoms with Crippen LogP contribution in [-0.2, 0) is 38.5 Å². The lowest BCUT2D eigenvalue weighted by molar-refractivity contribution is 0.540. The van der Waals surface area contributed by atoms with E-state index in [1.54, 1.807) is 0 Å². The van der Waals surface area contributed by atoms with Gasteiger partial charge in [0, 0.05) is 11.4 Å². The molecule has 4 N–H and O–H groups in total. The van der Waals surface area contributed by atoms with Gasteiger partial charge in [0.15, 0.2) is 0 Å². The number of benzene rings is 4. The average Bonchev–Trinajstić information content (AvgIpc) is 3.23. The third-order valence-electron chi connectivity index (χ3n) is 12.6. The lowest BCUT2D eigenvalue weighted by atomic mass is 9.94. The standard InChI is InChI=1S/C56H84N2/c1-3-5-7-9-21-25-29-51-45-55(57)41-39-53(51)43-49-35-31-47(32-36-49)27-23-19-17-15-13-11-12-14-16-18-20-24-28-48-33-37-50(38-34-48)44-54-40-42-56(58)46-52(54)30-26-22-10-8-6-4-2/h31-42,45-46H,3-30,43-44,57-58H2,1-2H3. The van der Waals surface area contributed by atoms with Gasteiger partial charge in [-0.05, 0) is 133 Å². The maximum atomic E-state index is 6.18. The number of rotatable bonds is 33. The first kappa shape index (κ1) is 47.2. The van der Waals surface area contributed by atoms with E-state index < -0.39 is 0 Å². The Balaban J connectivity index is 0.976. The van der Waals surface area contributed by atoms with Gasteiger partial charge in [0.05, 0.1) is 0 Å². The molecule has 0 heterocycles. The van der Waals surface area contributed by atoms with Gasteiger partial charge < -0.3 is 11.5 Å². The molecule has 0 radical (unpaired) electrons. The molecule has 0 aliphatic carbocycles. The van der Waals surface area contributed by atoms with Crippen molar-refractivity contribution in [2.24, 2.45) is 0 Å². The molecule has 2 nitrogen and oxygen atoms in total. The van der Waals surface area contributed by atoms with Crippen LogP contribution >= 0.6 is 0 Å². The van der Waals surface area contributed by atoms with Crippen LogP contribution in [0.4, 0.5) is 11.4 Å². The van der Waals surface area contributed by atoms with E-state index in [0.717, 1.165) is 37.1 Å². The first-order chi connectivity index (χ1) is 28.5. The Hall–Kier alpha value is -3.52. The van der Waals surface area contributed by atoms with E-state index in [1.165, 1.54) is 211 Å². The normalized spacial score (nSPS) is 11.4. The Morgan fingerprint density at radius 1 is 0.276 bits per heavy atom. The van der Waals surface area contributed by atoms with Gasteiger partial charge in [-0.1, -0.05) is 203 Å². The van der Waals surface area contributed by atoms with Gasteiger partial charge in [-0.3, -0.25) is 0 Å². The topological polar surface area (TPSA) is 52.0 Å². The third-order valence-corrected chi connectivity index (χ3v) is 12.6. The summed E-state index contributed by atoms with van der Waals surface area (Å²) in [5.41, 5.74) is 25.7. The highest BCUT2D eigenvalue weighted by Gasteiger charge is 2.08. The third kappa shape index (κ3) is 20.0. The van der Waals surface area contributed by atoms with Crippen molar-refractivity contribution >= 4 is 11.4 Å². The van der Waals surface area contributed by atoms with Crippen molar-refractivity contribution in [2.75, 3.05) is 11.5 Å². The number of unbranched alkanes of at least 4 members (excludes halogenated alkanes) is 21. The van der Waals surface area contributed by atoms with E-state index in [1.807, 2.05) is 0 Å². The van der Waals surface area contributed by atoms with E-state index in [0.29, 0.717) is 0 Å². The first-order valence-corrected chi connectivity index (χ1v) is 24.4. The number of anilines is 2. The molecular weight excluding hydrogens is 701 g/mol.